The second-order valence-electron chi connectivity index (χ2n) is 1.51. The number of rotatable bonds is 2. The van der Waals surface area contributed by atoms with E-state index in [2.05, 4.69) is 13.8 Å². The van der Waals surface area contributed by atoms with Gasteiger partial charge in [-0.15, -0.1) is 12.4 Å². The van der Waals surface area contributed by atoms with Gasteiger partial charge in [0.1, 0.15) is 0 Å². The molecule has 2 N–H and O–H groups in total. The fraction of sp³-hybridized carbons (Fsp3) is 0.800. The lowest BCUT2D eigenvalue weighted by molar-refractivity contribution is 0.636. The predicted octanol–water partition coefficient (Wildman–Crippen LogP) is 1.23. The van der Waals surface area contributed by atoms with E-state index in [1.165, 1.54) is 0 Å². The molecule has 7 heavy (non-hydrogen) atoms. The van der Waals surface area contributed by atoms with Gasteiger partial charge in [-0.2, -0.15) is 0 Å². The molecule has 45 valence electrons. The molecule has 1 atom stereocenters. The highest BCUT2D eigenvalue weighted by Gasteiger charge is 1.89. The predicted molar refractivity (Wildman–Crippen MR) is 35.4 cm³/mol. The van der Waals surface area contributed by atoms with E-state index in [1.54, 1.807) is 0 Å². The molecule has 0 saturated carbocycles. The van der Waals surface area contributed by atoms with Gasteiger partial charge in [0.15, 0.2) is 0 Å². The van der Waals surface area contributed by atoms with Gasteiger partial charge in [0.25, 0.3) is 0 Å². The van der Waals surface area contributed by atoms with Crippen LogP contribution in [0, 0.1) is 12.8 Å². The molecule has 0 heterocycles. The first-order chi connectivity index (χ1) is 2.81. The number of hydrogen-bond acceptors (Lipinski definition) is 1. The van der Waals surface area contributed by atoms with E-state index in [0.717, 1.165) is 13.0 Å². The smallest absolute Gasteiger partial charge is 0.00490 e. The van der Waals surface area contributed by atoms with Crippen LogP contribution in [0.3, 0.4) is 0 Å². The minimum Gasteiger partial charge on any atom is -0.330 e. The van der Waals surface area contributed by atoms with Crippen molar-refractivity contribution < 1.29 is 0 Å². The first-order valence-electron chi connectivity index (χ1n) is 2.34. The van der Waals surface area contributed by atoms with Crippen molar-refractivity contribution in [3.05, 3.63) is 6.92 Å². The summed E-state index contributed by atoms with van der Waals surface area (Å²) >= 11 is 0. The normalized spacial score (nSPS) is 12.4. The zero-order chi connectivity index (χ0) is 4.99. The Labute approximate surface area is 51.7 Å². The van der Waals surface area contributed by atoms with E-state index in [1.807, 2.05) is 0 Å². The molecule has 0 aromatic heterocycles. The van der Waals surface area contributed by atoms with Crippen molar-refractivity contribution in [1.29, 1.82) is 0 Å². The fourth-order valence-corrected chi connectivity index (χ4v) is 0.167. The van der Waals surface area contributed by atoms with Gasteiger partial charge in [0.05, 0.1) is 0 Å². The third-order valence-corrected chi connectivity index (χ3v) is 0.911. The molecule has 1 unspecified atom stereocenters. The average Bonchev–Trinajstić information content (AvgIpc) is 1.65. The van der Waals surface area contributed by atoms with Crippen LogP contribution in [-0.4, -0.2) is 6.54 Å². The van der Waals surface area contributed by atoms with Crippen LogP contribution in [0.5, 0.6) is 0 Å². The van der Waals surface area contributed by atoms with Crippen LogP contribution in [-0.2, 0) is 0 Å². The quantitative estimate of drug-likeness (QED) is 0.586. The highest BCUT2D eigenvalue weighted by Crippen LogP contribution is 1.93. The zero-order valence-electron chi connectivity index (χ0n) is 4.68. The van der Waals surface area contributed by atoms with E-state index >= 15 is 0 Å². The van der Waals surface area contributed by atoms with Gasteiger partial charge in [-0.25, -0.2) is 0 Å². The van der Waals surface area contributed by atoms with Gasteiger partial charge in [-0.1, -0.05) is 13.3 Å². The van der Waals surface area contributed by atoms with Gasteiger partial charge < -0.3 is 5.73 Å². The molecule has 0 rings (SSSR count). The number of hydrogen-bond donors (Lipinski definition) is 1. The molecular weight excluding hydrogens is 110 g/mol. The monoisotopic (exact) mass is 122 g/mol. The molecule has 0 aliphatic carbocycles. The highest BCUT2D eigenvalue weighted by molar-refractivity contribution is 5.85. The topological polar surface area (TPSA) is 26.0 Å². The first-order valence-corrected chi connectivity index (χ1v) is 2.34. The fourth-order valence-electron chi connectivity index (χ4n) is 0.167. The third kappa shape index (κ3) is 6.25. The van der Waals surface area contributed by atoms with E-state index in [9.17, 15) is 0 Å². The summed E-state index contributed by atoms with van der Waals surface area (Å²) in [6, 6.07) is 0. The average molecular weight is 123 g/mol. The van der Waals surface area contributed by atoms with Gasteiger partial charge in [0.2, 0.25) is 0 Å². The van der Waals surface area contributed by atoms with E-state index < -0.39 is 0 Å². The van der Waals surface area contributed by atoms with Gasteiger partial charge in [0, 0.05) is 0 Å². The molecule has 0 spiro atoms. The molecule has 0 aliphatic rings. The Morgan fingerprint density at radius 1 is 1.71 bits per heavy atom. The Bertz CT molecular complexity index is 27.3. The van der Waals surface area contributed by atoms with Crippen LogP contribution in [0.25, 0.3) is 0 Å². The molecule has 0 aromatic rings. The SMILES string of the molecule is Cl.[CH2]C(CC)CN. The Kier molecular flexibility index (Phi) is 9.17. The minimum absolute atomic E-state index is 0. The van der Waals surface area contributed by atoms with Gasteiger partial charge in [-0.3, -0.25) is 0 Å². The van der Waals surface area contributed by atoms with Crippen molar-refractivity contribution >= 4 is 12.4 Å². The summed E-state index contributed by atoms with van der Waals surface area (Å²) in [4.78, 5) is 0. The molecule has 1 radical (unpaired) electrons. The molecule has 1 nitrogen and oxygen atoms in total. The summed E-state index contributed by atoms with van der Waals surface area (Å²) in [5.41, 5.74) is 5.22. The Morgan fingerprint density at radius 3 is 2.14 bits per heavy atom. The summed E-state index contributed by atoms with van der Waals surface area (Å²) in [6.45, 7) is 6.56. The Morgan fingerprint density at radius 2 is 2.14 bits per heavy atom. The highest BCUT2D eigenvalue weighted by atomic mass is 35.5. The van der Waals surface area contributed by atoms with Crippen LogP contribution in [0.15, 0.2) is 0 Å². The molecule has 0 bridgehead atoms. The molecule has 0 fully saturated rings. The standard InChI is InChI=1S/C5H12N.ClH/c1-3-5(2)4-6;/h5H,2-4,6H2,1H3;1H. The zero-order valence-corrected chi connectivity index (χ0v) is 5.50. The molecule has 0 saturated heterocycles. The maximum Gasteiger partial charge on any atom is -0.00490 e. The summed E-state index contributed by atoms with van der Waals surface area (Å²) < 4.78 is 0. The summed E-state index contributed by atoms with van der Waals surface area (Å²) in [5.74, 6) is 0.463. The van der Waals surface area contributed by atoms with Crippen LogP contribution in [0.2, 0.25) is 0 Å². The largest absolute Gasteiger partial charge is 0.330 e. The van der Waals surface area contributed by atoms with E-state index in [-0.39, 0.29) is 12.4 Å². The molecular formula is C5H13ClN. The lowest BCUT2D eigenvalue weighted by atomic mass is 10.1. The Hall–Kier alpha value is 0.250. The van der Waals surface area contributed by atoms with Crippen LogP contribution in [0.4, 0.5) is 0 Å². The van der Waals surface area contributed by atoms with Gasteiger partial charge in [-0.05, 0) is 19.4 Å². The maximum absolute atomic E-state index is 5.22. The van der Waals surface area contributed by atoms with Crippen molar-refractivity contribution in [3.63, 3.8) is 0 Å². The van der Waals surface area contributed by atoms with E-state index in [0.29, 0.717) is 5.92 Å². The van der Waals surface area contributed by atoms with E-state index in [4.69, 9.17) is 5.73 Å². The van der Waals surface area contributed by atoms with Crippen molar-refractivity contribution in [2.45, 2.75) is 13.3 Å². The number of nitrogens with two attached hydrogens (primary N) is 1. The number of halogens is 1. The van der Waals surface area contributed by atoms with Crippen LogP contribution in [0.1, 0.15) is 13.3 Å². The van der Waals surface area contributed by atoms with Crippen molar-refractivity contribution in [2.75, 3.05) is 6.54 Å². The molecule has 2 heteroatoms. The van der Waals surface area contributed by atoms with Crippen molar-refractivity contribution in [2.24, 2.45) is 11.7 Å². The molecule has 0 amide bonds. The van der Waals surface area contributed by atoms with Gasteiger partial charge >= 0.3 is 0 Å². The second-order valence-corrected chi connectivity index (χ2v) is 1.51. The molecule has 0 aliphatic heterocycles. The van der Waals surface area contributed by atoms with Crippen LogP contribution >= 0.6 is 12.4 Å². The van der Waals surface area contributed by atoms with Crippen LogP contribution < -0.4 is 5.73 Å². The summed E-state index contributed by atoms with van der Waals surface area (Å²) in [5, 5.41) is 0. The lowest BCUT2D eigenvalue weighted by Gasteiger charge is -1.98. The summed E-state index contributed by atoms with van der Waals surface area (Å²) in [7, 11) is 0. The maximum atomic E-state index is 5.22. The first kappa shape index (κ1) is 10.3. The minimum atomic E-state index is 0. The van der Waals surface area contributed by atoms with Crippen molar-refractivity contribution in [1.82, 2.24) is 0 Å². The second kappa shape index (κ2) is 6.25. The lowest BCUT2D eigenvalue weighted by Crippen LogP contribution is -2.08. The Balaban J connectivity index is 0. The van der Waals surface area contributed by atoms with Crippen molar-refractivity contribution in [3.8, 4) is 0 Å². The summed E-state index contributed by atoms with van der Waals surface area (Å²) in [6.07, 6.45) is 1.09. The third-order valence-electron chi connectivity index (χ3n) is 0.911. The molecule has 0 aromatic carbocycles.